The molecule has 1 N–H and O–H groups in total. The molecule has 0 saturated carbocycles. The van der Waals surface area contributed by atoms with Crippen LogP contribution in [0.5, 0.6) is 0 Å². The average Bonchev–Trinajstić information content (AvgIpc) is 2.78. The molecule has 2 fully saturated rings. The van der Waals surface area contributed by atoms with Gasteiger partial charge in [-0.15, -0.1) is 0 Å². The Kier molecular flexibility index (Phi) is 5.90. The zero-order chi connectivity index (χ0) is 22.0. The van der Waals surface area contributed by atoms with Crippen molar-refractivity contribution >= 4 is 17.9 Å². The summed E-state index contributed by atoms with van der Waals surface area (Å²) in [5.74, 6) is -0.543. The van der Waals surface area contributed by atoms with E-state index in [0.29, 0.717) is 13.0 Å². The number of hydrogen-bond acceptors (Lipinski definition) is 4. The number of hydroxylamine groups is 2. The van der Waals surface area contributed by atoms with Crippen LogP contribution in [0.3, 0.4) is 0 Å². The summed E-state index contributed by atoms with van der Waals surface area (Å²) in [5, 5.41) is 10.6. The average molecular weight is 423 g/mol. The summed E-state index contributed by atoms with van der Waals surface area (Å²) < 4.78 is 0. The molecule has 2 aromatic carbocycles. The lowest BCUT2D eigenvalue weighted by atomic mass is 9.97. The van der Waals surface area contributed by atoms with E-state index in [1.165, 1.54) is 4.90 Å². The summed E-state index contributed by atoms with van der Waals surface area (Å²) in [6.07, 6.45) is -2.66. The molecule has 0 aliphatic carbocycles. The van der Waals surface area contributed by atoms with Gasteiger partial charge in [-0.1, -0.05) is 60.7 Å². The van der Waals surface area contributed by atoms with Gasteiger partial charge in [-0.2, -0.15) is 5.06 Å². The molecule has 0 aromatic heterocycles. The number of nitrogens with zero attached hydrogens (tertiary/aromatic N) is 3. The van der Waals surface area contributed by atoms with Crippen molar-refractivity contribution in [1.82, 2.24) is 14.9 Å². The zero-order valence-corrected chi connectivity index (χ0v) is 17.3. The standard InChI is InChI=1S/C23H25N3O5/c1-2-24-15-20-25(18(21(24)27)13-16-9-5-3-6-10-16)22(28)19(31-26(20)23(29)30)14-17-11-7-4-8-12-17/h3-12,18-20H,2,13-15H2,1H3,(H,29,30)/t18-,19+,20?/m0/s1. The minimum absolute atomic E-state index is 0.0801. The van der Waals surface area contributed by atoms with Crippen LogP contribution in [0.2, 0.25) is 0 Å². The highest BCUT2D eigenvalue weighted by molar-refractivity contribution is 5.92. The Morgan fingerprint density at radius 3 is 2.10 bits per heavy atom. The fraction of sp³-hybridized carbons (Fsp3) is 0.348. The normalized spacial score (nSPS) is 23.6. The van der Waals surface area contributed by atoms with E-state index in [9.17, 15) is 19.5 Å². The molecule has 1 unspecified atom stereocenters. The smallest absolute Gasteiger partial charge is 0.433 e. The number of benzene rings is 2. The highest BCUT2D eigenvalue weighted by Gasteiger charge is 2.52. The molecule has 162 valence electrons. The first-order chi connectivity index (χ1) is 15.0. The Balaban J connectivity index is 1.69. The fourth-order valence-corrected chi connectivity index (χ4v) is 4.25. The third kappa shape index (κ3) is 4.11. The van der Waals surface area contributed by atoms with Crippen LogP contribution >= 0.6 is 0 Å². The quantitative estimate of drug-likeness (QED) is 0.796. The Morgan fingerprint density at radius 1 is 0.968 bits per heavy atom. The highest BCUT2D eigenvalue weighted by atomic mass is 16.7. The van der Waals surface area contributed by atoms with Gasteiger partial charge in [0.05, 0.1) is 6.54 Å². The largest absolute Gasteiger partial charge is 0.463 e. The van der Waals surface area contributed by atoms with Crippen molar-refractivity contribution in [3.05, 3.63) is 71.8 Å². The van der Waals surface area contributed by atoms with Gasteiger partial charge in [-0.05, 0) is 18.1 Å². The van der Waals surface area contributed by atoms with Crippen molar-refractivity contribution in [2.24, 2.45) is 0 Å². The maximum atomic E-state index is 13.5. The molecule has 0 bridgehead atoms. The fourth-order valence-electron chi connectivity index (χ4n) is 4.25. The molecule has 0 spiro atoms. The van der Waals surface area contributed by atoms with Crippen LogP contribution in [0.1, 0.15) is 18.1 Å². The van der Waals surface area contributed by atoms with Crippen LogP contribution in [-0.4, -0.2) is 69.3 Å². The lowest BCUT2D eigenvalue weighted by Gasteiger charge is -2.52. The summed E-state index contributed by atoms with van der Waals surface area (Å²) in [6, 6.07) is 17.9. The molecule has 3 atom stereocenters. The number of carboxylic acid groups (broad SMARTS) is 1. The Hall–Kier alpha value is -3.39. The van der Waals surface area contributed by atoms with E-state index in [-0.39, 0.29) is 24.8 Å². The topological polar surface area (TPSA) is 90.4 Å². The molecule has 2 heterocycles. The van der Waals surface area contributed by atoms with Gasteiger partial charge in [-0.3, -0.25) is 14.4 Å². The second-order valence-corrected chi connectivity index (χ2v) is 7.70. The molecule has 0 radical (unpaired) electrons. The van der Waals surface area contributed by atoms with Gasteiger partial charge in [0.25, 0.3) is 5.91 Å². The Bertz CT molecular complexity index is 952. The summed E-state index contributed by atoms with van der Waals surface area (Å²) >= 11 is 0. The van der Waals surface area contributed by atoms with Gasteiger partial charge >= 0.3 is 6.09 Å². The predicted molar refractivity (Wildman–Crippen MR) is 112 cm³/mol. The molecule has 2 saturated heterocycles. The number of piperazine rings is 1. The van der Waals surface area contributed by atoms with Crippen molar-refractivity contribution in [3.8, 4) is 0 Å². The van der Waals surface area contributed by atoms with E-state index in [0.717, 1.165) is 16.2 Å². The van der Waals surface area contributed by atoms with E-state index >= 15 is 0 Å². The third-order valence-corrected chi connectivity index (χ3v) is 5.78. The van der Waals surface area contributed by atoms with Crippen molar-refractivity contribution in [3.63, 3.8) is 0 Å². The van der Waals surface area contributed by atoms with E-state index in [1.54, 1.807) is 4.90 Å². The Labute approximate surface area is 180 Å². The second kappa shape index (κ2) is 8.77. The number of rotatable bonds is 5. The van der Waals surface area contributed by atoms with E-state index in [4.69, 9.17) is 4.84 Å². The van der Waals surface area contributed by atoms with Crippen LogP contribution in [-0.2, 0) is 27.3 Å². The summed E-state index contributed by atoms with van der Waals surface area (Å²) in [7, 11) is 0. The SMILES string of the molecule is CCN1CC2N(C(=O)O)O[C@H](Cc3ccccc3)C(=O)N2[C@@H](Cc2ccccc2)C1=O. The molecule has 8 nitrogen and oxygen atoms in total. The first kappa shape index (κ1) is 20.9. The van der Waals surface area contributed by atoms with Crippen LogP contribution in [0, 0.1) is 0 Å². The van der Waals surface area contributed by atoms with Crippen molar-refractivity contribution in [2.45, 2.75) is 38.1 Å². The van der Waals surface area contributed by atoms with Gasteiger partial charge < -0.3 is 14.9 Å². The Morgan fingerprint density at radius 2 is 1.55 bits per heavy atom. The van der Waals surface area contributed by atoms with Crippen molar-refractivity contribution < 1.29 is 24.3 Å². The highest BCUT2D eigenvalue weighted by Crippen LogP contribution is 2.30. The summed E-state index contributed by atoms with van der Waals surface area (Å²) in [5.41, 5.74) is 1.75. The first-order valence-electron chi connectivity index (χ1n) is 10.4. The van der Waals surface area contributed by atoms with Gasteiger partial charge in [0.1, 0.15) is 6.04 Å². The van der Waals surface area contributed by atoms with Gasteiger partial charge in [0.2, 0.25) is 5.91 Å². The molecule has 31 heavy (non-hydrogen) atoms. The number of hydrogen-bond donors (Lipinski definition) is 1. The zero-order valence-electron chi connectivity index (χ0n) is 17.3. The van der Waals surface area contributed by atoms with Crippen LogP contribution in [0.4, 0.5) is 4.79 Å². The predicted octanol–water partition coefficient (Wildman–Crippen LogP) is 2.15. The number of likely N-dealkylation sites (N-methyl/N-ethyl adjacent to an activating group) is 1. The van der Waals surface area contributed by atoms with Crippen molar-refractivity contribution in [1.29, 1.82) is 0 Å². The molecule has 8 heteroatoms. The monoisotopic (exact) mass is 423 g/mol. The second-order valence-electron chi connectivity index (χ2n) is 7.70. The summed E-state index contributed by atoms with van der Waals surface area (Å²) in [4.78, 5) is 47.4. The molecule has 4 rings (SSSR count). The maximum absolute atomic E-state index is 13.5. The number of carbonyl (C=O) groups is 3. The number of fused-ring (bicyclic) bond motifs is 1. The molecular weight excluding hydrogens is 398 g/mol. The number of carbonyl (C=O) groups excluding carboxylic acids is 2. The molecule has 2 aliphatic heterocycles. The summed E-state index contributed by atoms with van der Waals surface area (Å²) in [6.45, 7) is 2.34. The van der Waals surface area contributed by atoms with E-state index in [2.05, 4.69) is 0 Å². The first-order valence-corrected chi connectivity index (χ1v) is 10.4. The van der Waals surface area contributed by atoms with Gasteiger partial charge in [-0.25, -0.2) is 4.79 Å². The lowest BCUT2D eigenvalue weighted by molar-refractivity contribution is -0.264. The molecule has 3 amide bonds. The number of amides is 3. The molecule has 2 aliphatic rings. The lowest BCUT2D eigenvalue weighted by Crippen LogP contribution is -2.73. The van der Waals surface area contributed by atoms with Crippen LogP contribution in [0.25, 0.3) is 0 Å². The minimum atomic E-state index is -1.29. The maximum Gasteiger partial charge on any atom is 0.433 e. The van der Waals surface area contributed by atoms with Gasteiger partial charge in [0.15, 0.2) is 12.3 Å². The molecular formula is C23H25N3O5. The van der Waals surface area contributed by atoms with E-state index < -0.39 is 24.4 Å². The third-order valence-electron chi connectivity index (χ3n) is 5.78. The minimum Gasteiger partial charge on any atom is -0.463 e. The van der Waals surface area contributed by atoms with Crippen LogP contribution in [0.15, 0.2) is 60.7 Å². The van der Waals surface area contributed by atoms with Crippen molar-refractivity contribution in [2.75, 3.05) is 13.1 Å². The van der Waals surface area contributed by atoms with E-state index in [1.807, 2.05) is 67.6 Å². The molecule has 2 aromatic rings. The van der Waals surface area contributed by atoms with Gasteiger partial charge in [0, 0.05) is 19.4 Å². The van der Waals surface area contributed by atoms with Crippen LogP contribution < -0.4 is 0 Å².